The number of aromatic amines is 1. The zero-order valence-electron chi connectivity index (χ0n) is 14.2. The monoisotopic (exact) mass is 369 g/mol. The first-order valence-electron chi connectivity index (χ1n) is 8.17. The highest BCUT2D eigenvalue weighted by atomic mass is 32.1. The number of carboxylic acids is 1. The number of hydrogen-bond donors (Lipinski definition) is 3. The Hall–Kier alpha value is -2.93. The van der Waals surface area contributed by atoms with E-state index in [9.17, 15) is 14.7 Å². The molecule has 0 saturated heterocycles. The third-order valence-corrected chi connectivity index (χ3v) is 4.81. The van der Waals surface area contributed by atoms with Crippen LogP contribution in [0.15, 0.2) is 47.2 Å². The Labute approximate surface area is 154 Å². The number of aromatic nitrogens is 2. The van der Waals surface area contributed by atoms with Gasteiger partial charge in [0.05, 0.1) is 12.1 Å². The van der Waals surface area contributed by atoms with Gasteiger partial charge in [0.15, 0.2) is 0 Å². The molecule has 0 fully saturated rings. The number of carbonyl (C=O) groups excluding carboxylic acids is 1. The van der Waals surface area contributed by atoms with Crippen molar-refractivity contribution in [2.75, 3.05) is 0 Å². The van der Waals surface area contributed by atoms with E-state index in [2.05, 4.69) is 15.5 Å². The highest BCUT2D eigenvalue weighted by Gasteiger charge is 2.22. The quantitative estimate of drug-likeness (QED) is 0.597. The van der Waals surface area contributed by atoms with Crippen LogP contribution in [0.25, 0.3) is 11.3 Å². The maximum absolute atomic E-state index is 12.5. The average molecular weight is 369 g/mol. The van der Waals surface area contributed by atoms with Gasteiger partial charge >= 0.3 is 5.97 Å². The lowest BCUT2D eigenvalue weighted by molar-refractivity contribution is -0.141. The standard InChI is InChI=1S/C19H19N3O3S/c1-12-15(18(22-21-12)14-7-8-26-11-14)10-17(23)20-16(19(24)25)9-13-5-3-2-4-6-13/h2-8,11,16H,9-10H2,1H3,(H,20,23)(H,21,22)(H,24,25)/t16-/m0/s1. The molecule has 0 bridgehead atoms. The predicted octanol–water partition coefficient (Wildman–Crippen LogP) is 2.80. The Morgan fingerprint density at radius 2 is 2.04 bits per heavy atom. The van der Waals surface area contributed by atoms with Gasteiger partial charge in [-0.2, -0.15) is 16.4 Å². The van der Waals surface area contributed by atoms with Gasteiger partial charge < -0.3 is 10.4 Å². The van der Waals surface area contributed by atoms with Gasteiger partial charge in [0.2, 0.25) is 5.91 Å². The summed E-state index contributed by atoms with van der Waals surface area (Å²) in [5.41, 5.74) is 4.12. The third kappa shape index (κ3) is 4.18. The van der Waals surface area contributed by atoms with Crippen molar-refractivity contribution in [1.82, 2.24) is 15.5 Å². The summed E-state index contributed by atoms with van der Waals surface area (Å²) < 4.78 is 0. The smallest absolute Gasteiger partial charge is 0.326 e. The van der Waals surface area contributed by atoms with E-state index in [1.807, 2.05) is 54.1 Å². The minimum atomic E-state index is -1.05. The van der Waals surface area contributed by atoms with Crippen molar-refractivity contribution in [2.45, 2.75) is 25.8 Å². The number of carbonyl (C=O) groups is 2. The van der Waals surface area contributed by atoms with Crippen LogP contribution in [-0.2, 0) is 22.4 Å². The first-order chi connectivity index (χ1) is 12.5. The van der Waals surface area contributed by atoms with Crippen LogP contribution in [0, 0.1) is 6.92 Å². The number of aryl methyl sites for hydroxylation is 1. The fourth-order valence-corrected chi connectivity index (χ4v) is 3.40. The molecule has 2 heterocycles. The fraction of sp³-hybridized carbons (Fsp3) is 0.211. The van der Waals surface area contributed by atoms with Crippen molar-refractivity contribution < 1.29 is 14.7 Å². The van der Waals surface area contributed by atoms with Crippen molar-refractivity contribution in [3.63, 3.8) is 0 Å². The molecule has 0 saturated carbocycles. The van der Waals surface area contributed by atoms with Crippen LogP contribution in [0.4, 0.5) is 0 Å². The summed E-state index contributed by atoms with van der Waals surface area (Å²) in [6, 6.07) is 10.2. The Morgan fingerprint density at radius 1 is 1.27 bits per heavy atom. The second-order valence-corrected chi connectivity index (χ2v) is 6.79. The van der Waals surface area contributed by atoms with Gasteiger partial charge in [-0.05, 0) is 23.9 Å². The first kappa shape index (κ1) is 17.9. The van der Waals surface area contributed by atoms with Crippen LogP contribution in [0.1, 0.15) is 16.8 Å². The Bertz CT molecular complexity index is 888. The zero-order chi connectivity index (χ0) is 18.5. The highest BCUT2D eigenvalue weighted by molar-refractivity contribution is 7.08. The van der Waals surface area contributed by atoms with Crippen molar-refractivity contribution in [2.24, 2.45) is 0 Å². The van der Waals surface area contributed by atoms with Crippen LogP contribution >= 0.6 is 11.3 Å². The SMILES string of the molecule is Cc1[nH]nc(-c2ccsc2)c1CC(=O)N[C@@H](Cc1ccccc1)C(=O)O. The van der Waals surface area contributed by atoms with E-state index in [0.29, 0.717) is 0 Å². The number of aliphatic carboxylic acids is 1. The lowest BCUT2D eigenvalue weighted by Crippen LogP contribution is -2.43. The molecular formula is C19H19N3O3S. The van der Waals surface area contributed by atoms with E-state index < -0.39 is 12.0 Å². The van der Waals surface area contributed by atoms with Crippen LogP contribution < -0.4 is 5.32 Å². The largest absolute Gasteiger partial charge is 0.480 e. The van der Waals surface area contributed by atoms with Gasteiger partial charge in [-0.1, -0.05) is 30.3 Å². The number of H-pyrrole nitrogens is 1. The molecule has 0 radical (unpaired) electrons. The minimum absolute atomic E-state index is 0.0755. The molecule has 0 aliphatic rings. The molecule has 0 unspecified atom stereocenters. The predicted molar refractivity (Wildman–Crippen MR) is 100 cm³/mol. The van der Waals surface area contributed by atoms with E-state index in [4.69, 9.17) is 0 Å². The number of amides is 1. The van der Waals surface area contributed by atoms with Crippen LogP contribution in [0.5, 0.6) is 0 Å². The van der Waals surface area contributed by atoms with E-state index in [-0.39, 0.29) is 18.7 Å². The number of nitrogens with zero attached hydrogens (tertiary/aromatic N) is 1. The summed E-state index contributed by atoms with van der Waals surface area (Å²) in [7, 11) is 0. The summed E-state index contributed by atoms with van der Waals surface area (Å²) in [4.78, 5) is 24.0. The molecule has 26 heavy (non-hydrogen) atoms. The first-order valence-corrected chi connectivity index (χ1v) is 9.11. The number of carboxylic acid groups (broad SMARTS) is 1. The summed E-state index contributed by atoms with van der Waals surface area (Å²) in [5.74, 6) is -1.39. The summed E-state index contributed by atoms with van der Waals surface area (Å²) >= 11 is 1.55. The van der Waals surface area contributed by atoms with E-state index in [0.717, 1.165) is 28.1 Å². The molecular weight excluding hydrogens is 350 g/mol. The van der Waals surface area contributed by atoms with E-state index in [1.165, 1.54) is 0 Å². The average Bonchev–Trinajstić information content (AvgIpc) is 3.26. The van der Waals surface area contributed by atoms with E-state index in [1.54, 1.807) is 11.3 Å². The van der Waals surface area contributed by atoms with Crippen LogP contribution in [0.2, 0.25) is 0 Å². The molecule has 2 aromatic heterocycles. The van der Waals surface area contributed by atoms with E-state index >= 15 is 0 Å². The van der Waals surface area contributed by atoms with Gasteiger partial charge in [-0.3, -0.25) is 9.89 Å². The highest BCUT2D eigenvalue weighted by Crippen LogP contribution is 2.26. The van der Waals surface area contributed by atoms with Gasteiger partial charge in [0, 0.05) is 28.6 Å². The molecule has 0 aliphatic heterocycles. The second-order valence-electron chi connectivity index (χ2n) is 6.01. The maximum atomic E-state index is 12.5. The van der Waals surface area contributed by atoms with Crippen molar-refractivity contribution in [3.8, 4) is 11.3 Å². The summed E-state index contributed by atoms with van der Waals surface area (Å²) in [5, 5.41) is 23.2. The molecule has 6 nitrogen and oxygen atoms in total. The second kappa shape index (κ2) is 7.97. The molecule has 0 aliphatic carbocycles. The Morgan fingerprint density at radius 3 is 2.69 bits per heavy atom. The lowest BCUT2D eigenvalue weighted by Gasteiger charge is -2.15. The molecule has 134 valence electrons. The van der Waals surface area contributed by atoms with Gasteiger partial charge in [0.25, 0.3) is 0 Å². The topological polar surface area (TPSA) is 95.1 Å². The molecule has 1 amide bonds. The number of thiophene rings is 1. The van der Waals surface area contributed by atoms with Crippen LogP contribution in [0.3, 0.4) is 0 Å². The molecule has 1 aromatic carbocycles. The Balaban J connectivity index is 1.72. The number of nitrogens with one attached hydrogen (secondary N) is 2. The van der Waals surface area contributed by atoms with Gasteiger partial charge in [-0.25, -0.2) is 4.79 Å². The maximum Gasteiger partial charge on any atom is 0.326 e. The fourth-order valence-electron chi connectivity index (χ4n) is 2.76. The Kier molecular flexibility index (Phi) is 5.48. The van der Waals surface area contributed by atoms with Crippen molar-refractivity contribution in [3.05, 3.63) is 64.0 Å². The zero-order valence-corrected chi connectivity index (χ0v) is 15.0. The summed E-state index contributed by atoms with van der Waals surface area (Å²) in [6.45, 7) is 1.85. The van der Waals surface area contributed by atoms with Gasteiger partial charge in [0.1, 0.15) is 6.04 Å². The van der Waals surface area contributed by atoms with Crippen molar-refractivity contribution >= 4 is 23.2 Å². The number of rotatable bonds is 7. The van der Waals surface area contributed by atoms with Crippen LogP contribution in [-0.4, -0.2) is 33.2 Å². The summed E-state index contributed by atoms with van der Waals surface area (Å²) in [6.07, 6.45) is 0.315. The number of hydrogen-bond acceptors (Lipinski definition) is 4. The van der Waals surface area contributed by atoms with Crippen molar-refractivity contribution in [1.29, 1.82) is 0 Å². The minimum Gasteiger partial charge on any atom is -0.480 e. The molecule has 3 N–H and O–H groups in total. The molecule has 7 heteroatoms. The molecule has 3 aromatic rings. The molecule has 3 rings (SSSR count). The van der Waals surface area contributed by atoms with Gasteiger partial charge in [-0.15, -0.1) is 0 Å². The normalized spacial score (nSPS) is 11.9. The molecule has 0 spiro atoms. The molecule has 1 atom stereocenters. The third-order valence-electron chi connectivity index (χ3n) is 4.12. The lowest BCUT2D eigenvalue weighted by atomic mass is 10.0. The number of benzene rings is 1.